The Kier molecular flexibility index (Phi) is 3.50. The summed E-state index contributed by atoms with van der Waals surface area (Å²) in [7, 11) is 0. The zero-order chi connectivity index (χ0) is 16.8. The van der Waals surface area contributed by atoms with E-state index in [1.165, 1.54) is 24.3 Å². The predicted octanol–water partition coefficient (Wildman–Crippen LogP) is 6.04. The molecule has 23 heavy (non-hydrogen) atoms. The summed E-state index contributed by atoms with van der Waals surface area (Å²) in [4.78, 5) is 0. The van der Waals surface area contributed by atoms with Gasteiger partial charge in [-0.25, -0.2) is 0 Å². The molecule has 120 valence electrons. The van der Waals surface area contributed by atoms with E-state index in [0.29, 0.717) is 17.5 Å². The van der Waals surface area contributed by atoms with E-state index in [-0.39, 0.29) is 0 Å². The predicted molar refractivity (Wildman–Crippen MR) is 74.3 cm³/mol. The molecule has 0 fully saturated rings. The van der Waals surface area contributed by atoms with E-state index >= 15 is 0 Å². The minimum absolute atomic E-state index is 0.566. The van der Waals surface area contributed by atoms with E-state index in [2.05, 4.69) is 0 Å². The molecule has 2 aromatic carbocycles. The molecule has 0 heterocycles. The maximum atomic E-state index is 12.5. The Labute approximate surface area is 128 Å². The van der Waals surface area contributed by atoms with E-state index in [9.17, 15) is 26.3 Å². The molecule has 0 nitrogen and oxygen atoms in total. The molecule has 6 heteroatoms. The first-order chi connectivity index (χ1) is 10.7. The summed E-state index contributed by atoms with van der Waals surface area (Å²) in [6.45, 7) is 0. The zero-order valence-corrected chi connectivity index (χ0v) is 11.6. The highest BCUT2D eigenvalue weighted by Gasteiger charge is 2.32. The van der Waals surface area contributed by atoms with Crippen molar-refractivity contribution in [2.45, 2.75) is 18.8 Å². The van der Waals surface area contributed by atoms with Gasteiger partial charge < -0.3 is 0 Å². The van der Waals surface area contributed by atoms with Gasteiger partial charge in [0.05, 0.1) is 11.1 Å². The van der Waals surface area contributed by atoms with E-state index < -0.39 is 23.5 Å². The molecule has 0 bridgehead atoms. The first-order valence-electron chi connectivity index (χ1n) is 6.73. The van der Waals surface area contributed by atoms with Gasteiger partial charge in [0.15, 0.2) is 0 Å². The van der Waals surface area contributed by atoms with Crippen molar-refractivity contribution in [3.8, 4) is 0 Å². The Morgan fingerprint density at radius 1 is 0.522 bits per heavy atom. The average molecular weight is 328 g/mol. The fraction of sp³-hybridized carbons (Fsp3) is 0.176. The molecule has 0 unspecified atom stereocenters. The number of halogens is 6. The van der Waals surface area contributed by atoms with Crippen LogP contribution in [0.1, 0.15) is 28.7 Å². The fourth-order valence-corrected chi connectivity index (χ4v) is 2.41. The van der Waals surface area contributed by atoms with Crippen LogP contribution in [0.25, 0.3) is 11.1 Å². The van der Waals surface area contributed by atoms with Crippen LogP contribution < -0.4 is 0 Å². The van der Waals surface area contributed by atoms with Crippen LogP contribution in [0.4, 0.5) is 26.3 Å². The molecule has 1 aliphatic rings. The van der Waals surface area contributed by atoms with Gasteiger partial charge in [-0.1, -0.05) is 24.3 Å². The Balaban J connectivity index is 1.83. The van der Waals surface area contributed by atoms with Crippen molar-refractivity contribution >= 4 is 11.1 Å². The second-order valence-electron chi connectivity index (χ2n) is 5.28. The van der Waals surface area contributed by atoms with Crippen LogP contribution in [0.2, 0.25) is 0 Å². The van der Waals surface area contributed by atoms with Gasteiger partial charge in [-0.2, -0.15) is 26.3 Å². The molecule has 0 spiro atoms. The first kappa shape index (κ1) is 15.6. The van der Waals surface area contributed by atoms with Crippen LogP contribution in [-0.2, 0) is 12.4 Å². The Morgan fingerprint density at radius 2 is 0.826 bits per heavy atom. The molecular formula is C17H10F6. The monoisotopic (exact) mass is 328 g/mol. The van der Waals surface area contributed by atoms with Gasteiger partial charge in [-0.15, -0.1) is 0 Å². The lowest BCUT2D eigenvalue weighted by Crippen LogP contribution is -2.04. The molecular weight excluding hydrogens is 318 g/mol. The van der Waals surface area contributed by atoms with E-state index in [4.69, 9.17) is 0 Å². The minimum Gasteiger partial charge on any atom is -0.166 e. The molecule has 3 rings (SSSR count). The average Bonchev–Trinajstić information content (AvgIpc) is 3.26. The Morgan fingerprint density at radius 3 is 1.09 bits per heavy atom. The smallest absolute Gasteiger partial charge is 0.166 e. The van der Waals surface area contributed by atoms with E-state index in [0.717, 1.165) is 35.4 Å². The summed E-state index contributed by atoms with van der Waals surface area (Å²) in [6, 6.07) is 9.56. The van der Waals surface area contributed by atoms with Crippen LogP contribution in [-0.4, -0.2) is 0 Å². The van der Waals surface area contributed by atoms with Crippen molar-refractivity contribution in [3.63, 3.8) is 0 Å². The highest BCUT2D eigenvalue weighted by molar-refractivity contribution is 6.07. The van der Waals surface area contributed by atoms with Crippen LogP contribution in [0, 0.1) is 0 Å². The molecule has 1 aliphatic carbocycles. The van der Waals surface area contributed by atoms with Crippen molar-refractivity contribution in [2.75, 3.05) is 0 Å². The standard InChI is InChI=1S/C17H10F6/c18-16(19,20)12-5-1-10(2-6-12)14-9-15(14)11-3-7-13(8-4-11)17(21,22)23/h1-8H,9H2. The third-order valence-corrected chi connectivity index (χ3v) is 3.71. The summed E-state index contributed by atoms with van der Waals surface area (Å²) in [5.41, 5.74) is 1.59. The molecule has 0 aliphatic heterocycles. The Hall–Kier alpha value is -2.24. The molecule has 2 aromatic rings. The molecule has 0 amide bonds. The van der Waals surface area contributed by atoms with Crippen molar-refractivity contribution in [1.82, 2.24) is 0 Å². The summed E-state index contributed by atoms with van der Waals surface area (Å²) >= 11 is 0. The lowest BCUT2D eigenvalue weighted by atomic mass is 10.1. The summed E-state index contributed by atoms with van der Waals surface area (Å²) in [5, 5.41) is 0. The largest absolute Gasteiger partial charge is 0.416 e. The second kappa shape index (κ2) is 5.15. The summed E-state index contributed by atoms with van der Waals surface area (Å²) < 4.78 is 75.0. The van der Waals surface area contributed by atoms with E-state index in [1.807, 2.05) is 0 Å². The molecule has 0 radical (unpaired) electrons. The fourth-order valence-electron chi connectivity index (χ4n) is 2.41. The maximum absolute atomic E-state index is 12.5. The highest BCUT2D eigenvalue weighted by atomic mass is 19.4. The van der Waals surface area contributed by atoms with Crippen LogP contribution in [0.3, 0.4) is 0 Å². The van der Waals surface area contributed by atoms with Gasteiger partial charge in [0, 0.05) is 0 Å². The van der Waals surface area contributed by atoms with Gasteiger partial charge >= 0.3 is 12.4 Å². The van der Waals surface area contributed by atoms with E-state index in [1.54, 1.807) is 0 Å². The second-order valence-corrected chi connectivity index (χ2v) is 5.28. The number of hydrogen-bond acceptors (Lipinski definition) is 0. The van der Waals surface area contributed by atoms with Gasteiger partial charge in [0.1, 0.15) is 0 Å². The first-order valence-corrected chi connectivity index (χ1v) is 6.73. The van der Waals surface area contributed by atoms with Crippen molar-refractivity contribution in [1.29, 1.82) is 0 Å². The summed E-state index contributed by atoms with van der Waals surface area (Å²) in [6.07, 6.45) is -8.20. The number of hydrogen-bond donors (Lipinski definition) is 0. The lowest BCUT2D eigenvalue weighted by molar-refractivity contribution is -0.138. The van der Waals surface area contributed by atoms with Crippen molar-refractivity contribution in [2.24, 2.45) is 0 Å². The van der Waals surface area contributed by atoms with Crippen LogP contribution >= 0.6 is 0 Å². The minimum atomic E-state index is -4.38. The summed E-state index contributed by atoms with van der Waals surface area (Å²) in [5.74, 6) is 0. The normalized spacial score (nSPS) is 15.0. The van der Waals surface area contributed by atoms with Crippen molar-refractivity contribution in [3.05, 3.63) is 70.8 Å². The quantitative estimate of drug-likeness (QED) is 0.590. The number of allylic oxidation sites excluding steroid dienone is 2. The number of alkyl halides is 6. The maximum Gasteiger partial charge on any atom is 0.416 e. The molecule has 0 saturated heterocycles. The van der Waals surface area contributed by atoms with Gasteiger partial charge in [0.25, 0.3) is 0 Å². The molecule has 0 atom stereocenters. The van der Waals surface area contributed by atoms with Gasteiger partial charge in [-0.05, 0) is 53.0 Å². The lowest BCUT2D eigenvalue weighted by Gasteiger charge is -2.06. The van der Waals surface area contributed by atoms with Crippen LogP contribution in [0.15, 0.2) is 48.5 Å². The van der Waals surface area contributed by atoms with Gasteiger partial charge in [-0.3, -0.25) is 0 Å². The zero-order valence-electron chi connectivity index (χ0n) is 11.6. The Bertz CT molecular complexity index is 680. The topological polar surface area (TPSA) is 0 Å². The number of rotatable bonds is 2. The van der Waals surface area contributed by atoms with Crippen molar-refractivity contribution < 1.29 is 26.3 Å². The van der Waals surface area contributed by atoms with Gasteiger partial charge in [0.2, 0.25) is 0 Å². The highest BCUT2D eigenvalue weighted by Crippen LogP contribution is 2.47. The third kappa shape index (κ3) is 3.25. The molecule has 0 N–H and O–H groups in total. The number of benzene rings is 2. The molecule has 0 aromatic heterocycles. The molecule has 0 saturated carbocycles. The third-order valence-electron chi connectivity index (χ3n) is 3.71. The SMILES string of the molecule is FC(F)(F)c1ccc(C2=C(c3ccc(C(F)(F)F)cc3)C2)cc1. The van der Waals surface area contributed by atoms with Crippen LogP contribution in [0.5, 0.6) is 0 Å².